The number of hydrogen-bond donors (Lipinski definition) is 2. The molecule has 1 heterocycles. The molecule has 3 rings (SSSR count). The first-order valence-electron chi connectivity index (χ1n) is 10.1. The van der Waals surface area contributed by atoms with Crippen LogP contribution < -0.4 is 10.6 Å². The summed E-state index contributed by atoms with van der Waals surface area (Å²) in [6.45, 7) is 2.65. The number of carbonyl (C=O) groups excluding carboxylic acids is 2. The fraction of sp³-hybridized carbons (Fsp3) is 0.391. The van der Waals surface area contributed by atoms with Gasteiger partial charge in [0.05, 0.1) is 12.6 Å². The van der Waals surface area contributed by atoms with Crippen molar-refractivity contribution in [3.05, 3.63) is 65.5 Å². The Morgan fingerprint density at radius 3 is 2.48 bits per heavy atom. The van der Waals surface area contributed by atoms with Crippen LogP contribution in [0, 0.1) is 5.82 Å². The topological polar surface area (TPSA) is 67.4 Å². The van der Waals surface area contributed by atoms with Crippen molar-refractivity contribution in [2.24, 2.45) is 0 Å². The minimum Gasteiger partial charge on any atom is -0.364 e. The van der Waals surface area contributed by atoms with Gasteiger partial charge in [0.25, 0.3) is 0 Å². The summed E-state index contributed by atoms with van der Waals surface area (Å²) in [7, 11) is 0. The van der Waals surface area contributed by atoms with Gasteiger partial charge >= 0.3 is 0 Å². The van der Waals surface area contributed by atoms with Crippen molar-refractivity contribution < 1.29 is 18.7 Å². The van der Waals surface area contributed by atoms with Crippen LogP contribution in [0.5, 0.6) is 0 Å². The van der Waals surface area contributed by atoms with Crippen molar-refractivity contribution in [1.29, 1.82) is 0 Å². The molecule has 1 amide bonds. The van der Waals surface area contributed by atoms with E-state index in [1.165, 1.54) is 17.7 Å². The minimum absolute atomic E-state index is 0.0779. The van der Waals surface area contributed by atoms with Gasteiger partial charge in [0.2, 0.25) is 5.91 Å². The largest absolute Gasteiger partial charge is 0.364 e. The van der Waals surface area contributed by atoms with Crippen molar-refractivity contribution in [2.75, 3.05) is 11.9 Å². The van der Waals surface area contributed by atoms with E-state index in [0.717, 1.165) is 30.5 Å². The number of benzene rings is 2. The summed E-state index contributed by atoms with van der Waals surface area (Å²) in [4.78, 5) is 24.9. The van der Waals surface area contributed by atoms with Crippen LogP contribution in [0.1, 0.15) is 37.3 Å². The number of aryl methyl sites for hydroxylation is 1. The zero-order chi connectivity index (χ0) is 20.6. The lowest BCUT2D eigenvalue weighted by Crippen LogP contribution is -2.53. The molecule has 1 aliphatic heterocycles. The molecule has 0 spiro atoms. The van der Waals surface area contributed by atoms with Gasteiger partial charge in [0.1, 0.15) is 11.9 Å². The van der Waals surface area contributed by atoms with Crippen molar-refractivity contribution in [2.45, 2.75) is 51.4 Å². The first-order chi connectivity index (χ1) is 14.0. The van der Waals surface area contributed by atoms with E-state index in [0.29, 0.717) is 0 Å². The summed E-state index contributed by atoms with van der Waals surface area (Å²) in [6.07, 6.45) is 2.79. The van der Waals surface area contributed by atoms with E-state index in [9.17, 15) is 14.0 Å². The molecule has 2 atom stereocenters. The van der Waals surface area contributed by atoms with Gasteiger partial charge < -0.3 is 15.4 Å². The number of ketones is 1. The van der Waals surface area contributed by atoms with Gasteiger partial charge in [0.15, 0.2) is 5.78 Å². The number of nitrogens with one attached hydrogen (secondary N) is 2. The maximum absolute atomic E-state index is 12.9. The Labute approximate surface area is 170 Å². The lowest BCUT2D eigenvalue weighted by atomic mass is 10.00. The Morgan fingerprint density at radius 1 is 1.14 bits per heavy atom. The summed E-state index contributed by atoms with van der Waals surface area (Å²) in [5.74, 6) is -0.647. The molecule has 0 aromatic heterocycles. The maximum atomic E-state index is 12.9. The molecule has 1 fully saturated rings. The number of amides is 1. The average molecular weight is 398 g/mol. The third-order valence-corrected chi connectivity index (χ3v) is 5.04. The summed E-state index contributed by atoms with van der Waals surface area (Å²) >= 11 is 0. The molecule has 2 aromatic rings. The monoisotopic (exact) mass is 398 g/mol. The van der Waals surface area contributed by atoms with Crippen LogP contribution in [0.3, 0.4) is 0 Å². The second kappa shape index (κ2) is 10.3. The van der Waals surface area contributed by atoms with Crippen LogP contribution in [0.25, 0.3) is 0 Å². The summed E-state index contributed by atoms with van der Waals surface area (Å²) in [6, 6.07) is 13.2. The lowest BCUT2D eigenvalue weighted by molar-refractivity contribution is -0.137. The molecular formula is C23H27FN2O3. The van der Waals surface area contributed by atoms with Gasteiger partial charge in [-0.05, 0) is 48.2 Å². The predicted octanol–water partition coefficient (Wildman–Crippen LogP) is 3.62. The van der Waals surface area contributed by atoms with Crippen molar-refractivity contribution in [1.82, 2.24) is 5.32 Å². The Morgan fingerprint density at radius 2 is 1.83 bits per heavy atom. The molecule has 0 bridgehead atoms. The number of piperidine rings is 1. The fourth-order valence-corrected chi connectivity index (χ4v) is 3.25. The molecule has 2 unspecified atom stereocenters. The molecule has 2 aromatic carbocycles. The van der Waals surface area contributed by atoms with Crippen molar-refractivity contribution in [3.8, 4) is 0 Å². The summed E-state index contributed by atoms with van der Waals surface area (Å²) in [5, 5.41) is 5.95. The number of anilines is 1. The number of rotatable bonds is 8. The Hall–Kier alpha value is -2.57. The Kier molecular flexibility index (Phi) is 7.49. The Balaban J connectivity index is 1.46. The highest BCUT2D eigenvalue weighted by Crippen LogP contribution is 2.15. The molecule has 0 saturated carbocycles. The van der Waals surface area contributed by atoms with Gasteiger partial charge in [-0.2, -0.15) is 0 Å². The standard InChI is InChI=1S/C23H27FN2O3/c1-2-3-4-16-7-11-19(12-8-16)26-23(28)20-13-21(27)22(14-25-20)29-15-17-5-9-18(24)10-6-17/h5-12,20,22,25H,2-4,13-15H2,1H3,(H,26,28). The molecule has 154 valence electrons. The molecule has 0 aliphatic carbocycles. The van der Waals surface area contributed by atoms with Crippen molar-refractivity contribution >= 4 is 17.4 Å². The van der Waals surface area contributed by atoms with E-state index in [-0.39, 0.29) is 37.1 Å². The third kappa shape index (κ3) is 6.21. The second-order valence-corrected chi connectivity index (χ2v) is 7.35. The number of unbranched alkanes of at least 4 members (excludes halogenated alkanes) is 1. The molecule has 1 aliphatic rings. The van der Waals surface area contributed by atoms with Crippen molar-refractivity contribution in [3.63, 3.8) is 0 Å². The highest BCUT2D eigenvalue weighted by atomic mass is 19.1. The van der Waals surface area contributed by atoms with E-state index >= 15 is 0 Å². The van der Waals surface area contributed by atoms with E-state index < -0.39 is 12.1 Å². The number of ether oxygens (including phenoxy) is 1. The van der Waals surface area contributed by atoms with Gasteiger partial charge in [-0.3, -0.25) is 9.59 Å². The van der Waals surface area contributed by atoms with Crippen LogP contribution in [0.2, 0.25) is 0 Å². The molecule has 29 heavy (non-hydrogen) atoms. The molecule has 6 heteroatoms. The van der Waals surface area contributed by atoms with Crippen LogP contribution in [-0.2, 0) is 27.4 Å². The smallest absolute Gasteiger partial charge is 0.241 e. The highest BCUT2D eigenvalue weighted by Gasteiger charge is 2.32. The van der Waals surface area contributed by atoms with E-state index in [1.54, 1.807) is 12.1 Å². The first kappa shape index (κ1) is 21.1. The molecular weight excluding hydrogens is 371 g/mol. The minimum atomic E-state index is -0.609. The van der Waals surface area contributed by atoms with Gasteiger partial charge in [0, 0.05) is 18.7 Å². The van der Waals surface area contributed by atoms with Gasteiger partial charge in [-0.15, -0.1) is 0 Å². The van der Waals surface area contributed by atoms with E-state index in [2.05, 4.69) is 17.6 Å². The predicted molar refractivity (Wildman–Crippen MR) is 110 cm³/mol. The normalized spacial score (nSPS) is 19.2. The second-order valence-electron chi connectivity index (χ2n) is 7.35. The molecule has 0 radical (unpaired) electrons. The third-order valence-electron chi connectivity index (χ3n) is 5.04. The molecule has 1 saturated heterocycles. The van der Waals surface area contributed by atoms with E-state index in [4.69, 9.17) is 4.74 Å². The fourth-order valence-electron chi connectivity index (χ4n) is 3.25. The maximum Gasteiger partial charge on any atom is 0.241 e. The number of hydrogen-bond acceptors (Lipinski definition) is 4. The summed E-state index contributed by atoms with van der Waals surface area (Å²) in [5.41, 5.74) is 2.76. The number of Topliss-reactive ketones (excluding diaryl/α,β-unsaturated/α-hetero) is 1. The number of halogens is 1. The number of carbonyl (C=O) groups is 2. The Bertz CT molecular complexity index is 821. The zero-order valence-electron chi connectivity index (χ0n) is 16.6. The molecule has 2 N–H and O–H groups in total. The van der Waals surface area contributed by atoms with Crippen LogP contribution in [-0.4, -0.2) is 30.4 Å². The van der Waals surface area contributed by atoms with Gasteiger partial charge in [-0.1, -0.05) is 37.6 Å². The quantitative estimate of drug-likeness (QED) is 0.713. The first-order valence-corrected chi connectivity index (χ1v) is 10.1. The molecule has 5 nitrogen and oxygen atoms in total. The summed E-state index contributed by atoms with van der Waals surface area (Å²) < 4.78 is 18.6. The van der Waals surface area contributed by atoms with Crippen LogP contribution in [0.15, 0.2) is 48.5 Å². The van der Waals surface area contributed by atoms with Gasteiger partial charge in [-0.25, -0.2) is 4.39 Å². The highest BCUT2D eigenvalue weighted by molar-refractivity contribution is 5.99. The SMILES string of the molecule is CCCCc1ccc(NC(=O)C2CC(=O)C(OCc3ccc(F)cc3)CN2)cc1. The van der Waals surface area contributed by atoms with Crippen LogP contribution in [0.4, 0.5) is 10.1 Å². The van der Waals surface area contributed by atoms with Crippen LogP contribution >= 0.6 is 0 Å². The average Bonchev–Trinajstić information content (AvgIpc) is 2.73. The van der Waals surface area contributed by atoms with E-state index in [1.807, 2.05) is 24.3 Å². The zero-order valence-corrected chi connectivity index (χ0v) is 16.6. The lowest BCUT2D eigenvalue weighted by Gasteiger charge is -2.28.